The molecular weight excluding hydrogens is 544 g/mol. The number of nitrogens with one attached hydrogen (secondary N) is 1. The third kappa shape index (κ3) is 4.66. The summed E-state index contributed by atoms with van der Waals surface area (Å²) in [7, 11) is -2.69. The molecule has 1 saturated carbocycles. The zero-order chi connectivity index (χ0) is 29.1. The van der Waals surface area contributed by atoms with Crippen LogP contribution in [0.5, 0.6) is 0 Å². The number of carbonyl (C=O) groups is 2. The topological polar surface area (TPSA) is 143 Å². The molecule has 0 spiro atoms. The number of carboxylic acids is 1. The van der Waals surface area contributed by atoms with Gasteiger partial charge in [-0.1, -0.05) is 0 Å². The fourth-order valence-electron chi connectivity index (χ4n) is 4.99. The number of hydrogen-bond donors (Lipinski definition) is 3. The second-order valence-electron chi connectivity index (χ2n) is 10.3. The summed E-state index contributed by atoms with van der Waals surface area (Å²) in [6.07, 6.45) is 4.46. The predicted octanol–water partition coefficient (Wildman–Crippen LogP) is 4.41. The minimum Gasteiger partial charge on any atom is -0.481 e. The Balaban J connectivity index is 1.79. The van der Waals surface area contributed by atoms with E-state index in [-0.39, 0.29) is 34.2 Å². The molecule has 9 nitrogen and oxygen atoms in total. The van der Waals surface area contributed by atoms with Crippen LogP contribution in [0.2, 0.25) is 0 Å². The smallest absolute Gasteiger partial charge is 0.312 e. The van der Waals surface area contributed by atoms with E-state index in [2.05, 4.69) is 5.32 Å². The van der Waals surface area contributed by atoms with Crippen LogP contribution in [0.4, 0.5) is 14.5 Å². The van der Waals surface area contributed by atoms with Crippen LogP contribution in [0, 0.1) is 11.7 Å². The highest BCUT2D eigenvalue weighted by Crippen LogP contribution is 2.49. The lowest BCUT2D eigenvalue weighted by Crippen LogP contribution is -2.50. The van der Waals surface area contributed by atoms with E-state index in [0.29, 0.717) is 16.5 Å². The van der Waals surface area contributed by atoms with E-state index in [1.807, 2.05) is 0 Å². The van der Waals surface area contributed by atoms with Crippen molar-refractivity contribution in [3.63, 3.8) is 0 Å². The van der Waals surface area contributed by atoms with Crippen molar-refractivity contribution in [1.29, 1.82) is 0 Å². The Morgan fingerprint density at radius 2 is 1.82 bits per heavy atom. The third-order valence-corrected chi connectivity index (χ3v) is 8.31. The summed E-state index contributed by atoms with van der Waals surface area (Å²) >= 11 is 0. The monoisotopic (exact) mass is 571 g/mol. The number of aliphatic carboxylic acids is 1. The minimum atomic E-state index is -4.15. The van der Waals surface area contributed by atoms with Gasteiger partial charge in [-0.2, -0.15) is 0 Å². The number of nitrogens with zero attached hydrogens (tertiary/aromatic N) is 1. The molecule has 2 aromatic carbocycles. The van der Waals surface area contributed by atoms with Crippen LogP contribution in [0.3, 0.4) is 0 Å². The quantitative estimate of drug-likeness (QED) is 0.381. The zero-order valence-corrected chi connectivity index (χ0v) is 22.7. The Labute approximate surface area is 229 Å². The van der Waals surface area contributed by atoms with Gasteiger partial charge in [-0.25, -0.2) is 21.5 Å². The maximum Gasteiger partial charge on any atom is 0.312 e. The molecule has 1 heterocycles. The molecular formula is C28H27F2N3O6S. The molecule has 40 heavy (non-hydrogen) atoms. The molecule has 4 N–H and O–H groups in total. The Morgan fingerprint density at radius 3 is 2.38 bits per heavy atom. The van der Waals surface area contributed by atoms with Crippen molar-refractivity contribution in [2.45, 2.75) is 31.2 Å². The van der Waals surface area contributed by atoms with E-state index in [1.54, 1.807) is 6.07 Å². The average molecular weight is 572 g/mol. The van der Waals surface area contributed by atoms with Gasteiger partial charge in [0.1, 0.15) is 28.9 Å². The lowest BCUT2D eigenvalue weighted by Gasteiger charge is -2.35. The molecule has 1 amide bonds. The van der Waals surface area contributed by atoms with Gasteiger partial charge in [0.25, 0.3) is 5.91 Å². The van der Waals surface area contributed by atoms with Crippen molar-refractivity contribution in [3.8, 4) is 11.3 Å². The second kappa shape index (κ2) is 9.56. The fraction of sp³-hybridized carbons (Fsp3) is 0.286. The van der Waals surface area contributed by atoms with Crippen LogP contribution in [0.25, 0.3) is 22.3 Å². The lowest BCUT2D eigenvalue weighted by atomic mass is 9.81. The van der Waals surface area contributed by atoms with Crippen LogP contribution in [0.15, 0.2) is 64.5 Å². The van der Waals surface area contributed by atoms with Gasteiger partial charge >= 0.3 is 5.97 Å². The van der Waals surface area contributed by atoms with Crippen molar-refractivity contribution in [2.75, 3.05) is 17.6 Å². The molecule has 0 bridgehead atoms. The van der Waals surface area contributed by atoms with Gasteiger partial charge in [-0.05, 0) is 73.7 Å². The summed E-state index contributed by atoms with van der Waals surface area (Å²) in [5, 5.41) is 12.7. The number of amides is 1. The molecule has 210 valence electrons. The van der Waals surface area contributed by atoms with E-state index in [4.69, 9.17) is 10.2 Å². The number of allylic oxidation sites excluding steroid dienone is 1. The first-order valence-electron chi connectivity index (χ1n) is 12.4. The number of benzene rings is 2. The van der Waals surface area contributed by atoms with Crippen LogP contribution < -0.4 is 15.4 Å². The average Bonchev–Trinajstić information content (AvgIpc) is 3.65. The standard InChI is InChI=1S/C28H27F2N3O6S/c1-28(31)20(27(35)36)10-17(11-23(28)30)33(40(3,37)38)21-13-22-19(12-18(21)14-4-5-14)24(26(34)32-2)25(39-22)15-6-8-16(29)9-7-15/h6-14,20H,4-5,31H2,1-3H3,(H,32,34)(H,35,36). The number of carbonyl (C=O) groups excluding carboxylic acids is 1. The first kappa shape index (κ1) is 27.5. The first-order valence-corrected chi connectivity index (χ1v) is 14.3. The zero-order valence-electron chi connectivity index (χ0n) is 21.9. The molecule has 2 atom stereocenters. The number of furan rings is 1. The van der Waals surface area contributed by atoms with Gasteiger partial charge in [0.15, 0.2) is 0 Å². The SMILES string of the molecule is CNC(=O)c1c(-c2ccc(F)cc2)oc2cc(N(C3=CC(C(=O)O)C(C)(N)C(F)=C3)S(C)(=O)=O)c(C3CC3)cc12. The summed E-state index contributed by atoms with van der Waals surface area (Å²) in [5.41, 5.74) is 5.34. The first-order chi connectivity index (χ1) is 18.7. The van der Waals surface area contributed by atoms with E-state index in [1.165, 1.54) is 44.3 Å². The normalized spacial score (nSPS) is 21.1. The largest absolute Gasteiger partial charge is 0.481 e. The molecule has 0 saturated heterocycles. The Bertz CT molecular complexity index is 1720. The van der Waals surface area contributed by atoms with Gasteiger partial charge in [0.05, 0.1) is 28.7 Å². The number of halogens is 2. The Hall–Kier alpha value is -4.03. The van der Waals surface area contributed by atoms with Gasteiger partial charge in [-0.3, -0.25) is 9.59 Å². The van der Waals surface area contributed by atoms with Crippen LogP contribution in [0.1, 0.15) is 41.6 Å². The van der Waals surface area contributed by atoms with Crippen molar-refractivity contribution in [3.05, 3.63) is 77.0 Å². The molecule has 0 radical (unpaired) electrons. The molecule has 12 heteroatoms. The number of hydrogen-bond acceptors (Lipinski definition) is 6. The maximum atomic E-state index is 15.1. The van der Waals surface area contributed by atoms with Crippen molar-refractivity contribution in [1.82, 2.24) is 5.32 Å². The molecule has 2 aliphatic carbocycles. The summed E-state index contributed by atoms with van der Waals surface area (Å²) in [6, 6.07) is 8.49. The molecule has 3 aromatic rings. The molecule has 0 aliphatic heterocycles. The molecule has 2 aliphatic rings. The van der Waals surface area contributed by atoms with Gasteiger partial charge in [0, 0.05) is 24.1 Å². The van der Waals surface area contributed by atoms with Crippen molar-refractivity contribution < 1.29 is 36.3 Å². The Morgan fingerprint density at radius 1 is 1.18 bits per heavy atom. The summed E-state index contributed by atoms with van der Waals surface area (Å²) < 4.78 is 62.1. The van der Waals surface area contributed by atoms with E-state index < -0.39 is 45.0 Å². The van der Waals surface area contributed by atoms with Gasteiger partial charge < -0.3 is 20.6 Å². The number of anilines is 1. The molecule has 1 fully saturated rings. The van der Waals surface area contributed by atoms with E-state index in [9.17, 15) is 27.5 Å². The Kier molecular flexibility index (Phi) is 6.58. The molecule has 1 aromatic heterocycles. The summed E-state index contributed by atoms with van der Waals surface area (Å²) in [5.74, 6) is -4.78. The lowest BCUT2D eigenvalue weighted by molar-refractivity contribution is -0.141. The maximum absolute atomic E-state index is 15.1. The van der Waals surface area contributed by atoms with E-state index in [0.717, 1.165) is 35.6 Å². The van der Waals surface area contributed by atoms with Crippen molar-refractivity contribution >= 4 is 38.6 Å². The highest BCUT2D eigenvalue weighted by Gasteiger charge is 2.43. The van der Waals surface area contributed by atoms with Crippen LogP contribution in [-0.4, -0.2) is 44.2 Å². The van der Waals surface area contributed by atoms with Crippen LogP contribution >= 0.6 is 0 Å². The number of nitrogens with two attached hydrogens (primary N) is 1. The summed E-state index contributed by atoms with van der Waals surface area (Å²) in [4.78, 5) is 24.9. The van der Waals surface area contributed by atoms with E-state index >= 15 is 4.39 Å². The molecule has 2 unspecified atom stereocenters. The molecule has 5 rings (SSSR count). The van der Waals surface area contributed by atoms with Gasteiger partial charge in [0.2, 0.25) is 10.0 Å². The number of rotatable bonds is 7. The number of fused-ring (bicyclic) bond motifs is 1. The highest BCUT2D eigenvalue weighted by atomic mass is 32.2. The summed E-state index contributed by atoms with van der Waals surface area (Å²) in [6.45, 7) is 1.22. The number of sulfonamides is 1. The van der Waals surface area contributed by atoms with Crippen LogP contribution in [-0.2, 0) is 14.8 Å². The predicted molar refractivity (Wildman–Crippen MR) is 145 cm³/mol. The van der Waals surface area contributed by atoms with Gasteiger partial charge in [-0.15, -0.1) is 0 Å². The second-order valence-corrected chi connectivity index (χ2v) is 12.1. The highest BCUT2D eigenvalue weighted by molar-refractivity contribution is 7.92. The third-order valence-electron chi connectivity index (χ3n) is 7.24. The number of carboxylic acid groups (broad SMARTS) is 1. The fourth-order valence-corrected chi connectivity index (χ4v) is 6.00. The van der Waals surface area contributed by atoms with Crippen molar-refractivity contribution in [2.24, 2.45) is 11.7 Å². The minimum absolute atomic E-state index is 0.0570.